The summed E-state index contributed by atoms with van der Waals surface area (Å²) in [5.41, 5.74) is 0.938. The minimum atomic E-state index is -0.793. The maximum absolute atomic E-state index is 10.8. The highest BCUT2D eigenvalue weighted by Gasteiger charge is 2.30. The Morgan fingerprint density at radius 1 is 1.29 bits per heavy atom. The largest absolute Gasteiger partial charge is 0.371 e. The lowest BCUT2D eigenvalue weighted by atomic mass is 10.0. The fourth-order valence-corrected chi connectivity index (χ4v) is 5.64. The molecule has 2 aromatic rings. The summed E-state index contributed by atoms with van der Waals surface area (Å²) in [6.07, 6.45) is 4.04. The normalized spacial score (nSPS) is 25.0. The average molecular weight is 484 g/mol. The van der Waals surface area contributed by atoms with Gasteiger partial charge < -0.3 is 21.1 Å². The summed E-state index contributed by atoms with van der Waals surface area (Å²) in [5, 5.41) is 25.3. The van der Waals surface area contributed by atoms with E-state index in [9.17, 15) is 5.11 Å². The number of hydrogen-bond acceptors (Lipinski definition) is 7. The number of rotatable bonds is 8. The second-order valence-corrected chi connectivity index (χ2v) is 10.1. The molecule has 9 heteroatoms. The van der Waals surface area contributed by atoms with Crippen LogP contribution in [-0.2, 0) is 6.54 Å². The topological polar surface area (TPSA) is 71.9 Å². The number of benzene rings is 1. The molecule has 1 aromatic heterocycles. The van der Waals surface area contributed by atoms with Gasteiger partial charge in [-0.05, 0) is 60.3 Å². The van der Waals surface area contributed by atoms with Gasteiger partial charge in [0.15, 0.2) is 6.23 Å². The predicted octanol–water partition coefficient (Wildman–Crippen LogP) is 3.36. The minimum absolute atomic E-state index is 0.303. The van der Waals surface area contributed by atoms with Gasteiger partial charge in [0, 0.05) is 41.9 Å². The molecule has 2 aliphatic heterocycles. The number of aliphatic hydroxyl groups is 1. The van der Waals surface area contributed by atoms with Crippen molar-refractivity contribution in [3.05, 3.63) is 34.2 Å². The third kappa shape index (κ3) is 6.11. The smallest absolute Gasteiger partial charge is 0.166 e. The van der Waals surface area contributed by atoms with E-state index in [1.807, 2.05) is 17.0 Å². The number of nitrogens with zero attached hydrogens (tertiary/aromatic N) is 2. The van der Waals surface area contributed by atoms with Crippen LogP contribution < -0.4 is 16.0 Å². The Morgan fingerprint density at radius 2 is 2.19 bits per heavy atom. The number of alkyl halides is 1. The van der Waals surface area contributed by atoms with E-state index in [-0.39, 0.29) is 5.50 Å². The molecular weight excluding hydrogens is 453 g/mol. The molecule has 1 saturated heterocycles. The monoisotopic (exact) mass is 483 g/mol. The highest BCUT2D eigenvalue weighted by molar-refractivity contribution is 7.17. The summed E-state index contributed by atoms with van der Waals surface area (Å²) < 4.78 is 1.24. The summed E-state index contributed by atoms with van der Waals surface area (Å²) in [7, 11) is 0. The van der Waals surface area contributed by atoms with Crippen LogP contribution in [0.1, 0.15) is 31.2 Å². The van der Waals surface area contributed by atoms with Crippen molar-refractivity contribution in [2.45, 2.75) is 50.0 Å². The third-order valence-electron chi connectivity index (χ3n) is 6.02. The molecule has 0 bridgehead atoms. The lowest BCUT2D eigenvalue weighted by Gasteiger charge is -2.36. The molecule has 0 amide bonds. The Labute approximate surface area is 198 Å². The summed E-state index contributed by atoms with van der Waals surface area (Å²) in [6, 6.07) is 6.57. The summed E-state index contributed by atoms with van der Waals surface area (Å²) >= 11 is 14.3. The van der Waals surface area contributed by atoms with Gasteiger partial charge in [-0.1, -0.05) is 18.0 Å². The van der Waals surface area contributed by atoms with Crippen molar-refractivity contribution in [2.75, 3.05) is 32.7 Å². The zero-order valence-corrected chi connectivity index (χ0v) is 19.9. The summed E-state index contributed by atoms with van der Waals surface area (Å²) in [5.74, 6) is 0.631. The number of fused-ring (bicyclic) bond motifs is 1. The molecular formula is C22H31Cl2N5OS. The van der Waals surface area contributed by atoms with Crippen molar-refractivity contribution in [3.63, 3.8) is 0 Å². The molecule has 6 nitrogen and oxygen atoms in total. The maximum Gasteiger partial charge on any atom is 0.166 e. The van der Waals surface area contributed by atoms with Crippen molar-refractivity contribution in [1.82, 2.24) is 20.9 Å². The molecule has 0 unspecified atom stereocenters. The Hall–Kier alpha value is -0.930. The number of piperidine rings is 1. The molecule has 31 heavy (non-hydrogen) atoms. The average Bonchev–Trinajstić information content (AvgIpc) is 3.17. The Balaban J connectivity index is 1.23. The number of aliphatic hydroxyl groups excluding tert-OH is 1. The van der Waals surface area contributed by atoms with Gasteiger partial charge in [-0.15, -0.1) is 22.9 Å². The highest BCUT2D eigenvalue weighted by atomic mass is 35.5. The van der Waals surface area contributed by atoms with E-state index in [4.69, 9.17) is 23.2 Å². The summed E-state index contributed by atoms with van der Waals surface area (Å²) in [6.45, 7) is 4.51. The SMILES string of the molecule is O[C@H]1C(NCC[C@@H]2CCCCN2)=NC[C@H](Cl)N1CCNCc1csc2ccc(Cl)cc12. The van der Waals surface area contributed by atoms with Crippen molar-refractivity contribution >= 4 is 50.5 Å². The Morgan fingerprint density at radius 3 is 3.03 bits per heavy atom. The van der Waals surface area contributed by atoms with E-state index in [1.54, 1.807) is 11.3 Å². The second-order valence-electron chi connectivity index (χ2n) is 8.21. The molecule has 0 saturated carbocycles. The number of halogens is 2. The molecule has 2 aliphatic rings. The molecule has 0 radical (unpaired) electrons. The van der Waals surface area contributed by atoms with Gasteiger partial charge in [-0.25, -0.2) is 0 Å². The van der Waals surface area contributed by atoms with Crippen molar-refractivity contribution in [3.8, 4) is 0 Å². The first-order valence-electron chi connectivity index (χ1n) is 11.1. The zero-order valence-electron chi connectivity index (χ0n) is 17.6. The number of hydrogen-bond donors (Lipinski definition) is 4. The van der Waals surface area contributed by atoms with Crippen LogP contribution in [0, 0.1) is 0 Å². The number of amidine groups is 1. The van der Waals surface area contributed by atoms with Crippen molar-refractivity contribution in [1.29, 1.82) is 0 Å². The number of thiophene rings is 1. The van der Waals surface area contributed by atoms with Gasteiger partial charge in [0.05, 0.1) is 6.54 Å². The van der Waals surface area contributed by atoms with E-state index in [1.165, 1.54) is 34.9 Å². The third-order valence-corrected chi connectivity index (χ3v) is 7.66. The number of aliphatic imine (C=N–C) groups is 1. The Bertz CT molecular complexity index is 886. The van der Waals surface area contributed by atoms with E-state index >= 15 is 0 Å². The molecule has 1 fully saturated rings. The van der Waals surface area contributed by atoms with E-state index in [2.05, 4.69) is 32.4 Å². The first-order chi connectivity index (χ1) is 15.1. The Kier molecular flexibility index (Phi) is 8.45. The molecule has 0 aliphatic carbocycles. The van der Waals surface area contributed by atoms with E-state index in [0.29, 0.717) is 25.0 Å². The van der Waals surface area contributed by atoms with Crippen LogP contribution >= 0.6 is 34.5 Å². The number of nitrogens with one attached hydrogen (secondary N) is 3. The van der Waals surface area contributed by atoms with Gasteiger partial charge >= 0.3 is 0 Å². The quantitative estimate of drug-likeness (QED) is 0.263. The van der Waals surface area contributed by atoms with Gasteiger partial charge in [0.25, 0.3) is 0 Å². The lowest BCUT2D eigenvalue weighted by molar-refractivity contribution is 0.0389. The molecule has 170 valence electrons. The predicted molar refractivity (Wildman–Crippen MR) is 131 cm³/mol. The standard InChI is InChI=1S/C22H31Cl2N5OS/c23-16-4-5-19-18(11-16)15(14-31-19)12-25-9-10-29-20(24)13-28-21(22(29)30)27-8-6-17-3-1-2-7-26-17/h4-5,11,14,17,20,22,25-26,30H,1-3,6-10,12-13H2,(H,27,28)/t17-,20+,22-/m0/s1. The van der Waals surface area contributed by atoms with Crippen molar-refractivity contribution in [2.24, 2.45) is 4.99 Å². The van der Waals surface area contributed by atoms with Crippen molar-refractivity contribution < 1.29 is 5.11 Å². The van der Waals surface area contributed by atoms with Crippen LogP contribution in [0.3, 0.4) is 0 Å². The van der Waals surface area contributed by atoms with Gasteiger partial charge in [0.2, 0.25) is 0 Å². The lowest BCUT2D eigenvalue weighted by Crippen LogP contribution is -2.56. The first kappa shape index (κ1) is 23.2. The first-order valence-corrected chi connectivity index (χ1v) is 12.8. The van der Waals surface area contributed by atoms with Crippen LogP contribution in [-0.4, -0.2) is 66.3 Å². The fraction of sp³-hybridized carbons (Fsp3) is 0.591. The highest BCUT2D eigenvalue weighted by Crippen LogP contribution is 2.28. The van der Waals surface area contributed by atoms with Crippen LogP contribution in [0.5, 0.6) is 0 Å². The van der Waals surface area contributed by atoms with Crippen LogP contribution in [0.15, 0.2) is 28.6 Å². The van der Waals surface area contributed by atoms with Crippen LogP contribution in [0.25, 0.3) is 10.1 Å². The molecule has 1 aromatic carbocycles. The van der Waals surface area contributed by atoms with E-state index in [0.717, 1.165) is 37.6 Å². The van der Waals surface area contributed by atoms with Gasteiger partial charge in [-0.3, -0.25) is 9.89 Å². The van der Waals surface area contributed by atoms with Crippen LogP contribution in [0.4, 0.5) is 0 Å². The molecule has 3 heterocycles. The minimum Gasteiger partial charge on any atom is -0.371 e. The molecule has 0 spiro atoms. The second kappa shape index (κ2) is 11.3. The molecule has 4 N–H and O–H groups in total. The maximum atomic E-state index is 10.8. The van der Waals surface area contributed by atoms with Crippen LogP contribution in [0.2, 0.25) is 5.02 Å². The van der Waals surface area contributed by atoms with Gasteiger partial charge in [-0.2, -0.15) is 0 Å². The van der Waals surface area contributed by atoms with E-state index < -0.39 is 6.23 Å². The zero-order chi connectivity index (χ0) is 21.6. The molecule has 3 atom stereocenters. The van der Waals surface area contributed by atoms with Gasteiger partial charge in [0.1, 0.15) is 11.3 Å². The fourth-order valence-electron chi connectivity index (χ4n) is 4.25. The molecule has 4 rings (SSSR count). The summed E-state index contributed by atoms with van der Waals surface area (Å²) in [4.78, 5) is 6.36.